The number of esters is 1. The lowest BCUT2D eigenvalue weighted by atomic mass is 10.2. The molecule has 7 heteroatoms. The molecule has 1 aliphatic carbocycles. The molecule has 0 aromatic rings. The van der Waals surface area contributed by atoms with Crippen LogP contribution in [-0.4, -0.2) is 63.8 Å². The number of carbonyl (C=O) groups is 1. The zero-order valence-corrected chi connectivity index (χ0v) is 16.5. The van der Waals surface area contributed by atoms with Crippen LogP contribution in [0.2, 0.25) is 0 Å². The maximum Gasteiger partial charge on any atom is 0.310 e. The van der Waals surface area contributed by atoms with E-state index in [0.29, 0.717) is 13.2 Å². The molecule has 0 aromatic heterocycles. The highest BCUT2D eigenvalue weighted by atomic mass is 127. The highest BCUT2D eigenvalue weighted by Gasteiger charge is 2.21. The molecular formula is C15H30IN3O3. The van der Waals surface area contributed by atoms with Crippen LogP contribution in [0.1, 0.15) is 26.7 Å². The second kappa shape index (κ2) is 11.9. The number of hydrogen-bond acceptors (Lipinski definition) is 4. The molecular weight excluding hydrogens is 397 g/mol. The SMILES string of the molecule is CCNC(=NCC(C)C(=O)OC)N(C)CCOCC1CC1.I. The maximum atomic E-state index is 11.4. The first kappa shape index (κ1) is 21.4. The van der Waals surface area contributed by atoms with Crippen molar-refractivity contribution in [1.29, 1.82) is 0 Å². The number of rotatable bonds is 9. The van der Waals surface area contributed by atoms with Crippen LogP contribution in [0.5, 0.6) is 0 Å². The van der Waals surface area contributed by atoms with Gasteiger partial charge in [0.25, 0.3) is 0 Å². The van der Waals surface area contributed by atoms with Gasteiger partial charge >= 0.3 is 5.97 Å². The van der Waals surface area contributed by atoms with E-state index in [1.807, 2.05) is 25.8 Å². The number of carbonyl (C=O) groups excluding carboxylic acids is 1. The van der Waals surface area contributed by atoms with Gasteiger partial charge in [-0.2, -0.15) is 0 Å². The Morgan fingerprint density at radius 3 is 2.68 bits per heavy atom. The van der Waals surface area contributed by atoms with Gasteiger partial charge in [0.2, 0.25) is 0 Å². The minimum atomic E-state index is -0.233. The summed E-state index contributed by atoms with van der Waals surface area (Å²) in [4.78, 5) is 17.9. The molecule has 0 bridgehead atoms. The number of guanidine groups is 1. The van der Waals surface area contributed by atoms with E-state index in [0.717, 1.165) is 31.6 Å². The van der Waals surface area contributed by atoms with Crippen LogP contribution in [0.4, 0.5) is 0 Å². The molecule has 0 saturated heterocycles. The van der Waals surface area contributed by atoms with E-state index in [1.54, 1.807) is 0 Å². The Kier molecular flexibility index (Phi) is 11.6. The summed E-state index contributed by atoms with van der Waals surface area (Å²) in [6.45, 7) is 7.41. The molecule has 1 rings (SSSR count). The molecule has 1 aliphatic rings. The van der Waals surface area contributed by atoms with Crippen molar-refractivity contribution in [3.8, 4) is 0 Å². The topological polar surface area (TPSA) is 63.2 Å². The van der Waals surface area contributed by atoms with Crippen LogP contribution < -0.4 is 5.32 Å². The van der Waals surface area contributed by atoms with E-state index in [4.69, 9.17) is 9.47 Å². The lowest BCUT2D eigenvalue weighted by Crippen LogP contribution is -2.41. The lowest BCUT2D eigenvalue weighted by Gasteiger charge is -2.22. The van der Waals surface area contributed by atoms with Gasteiger partial charge in [0.05, 0.1) is 26.2 Å². The number of ether oxygens (including phenoxy) is 2. The second-order valence-corrected chi connectivity index (χ2v) is 5.56. The van der Waals surface area contributed by atoms with Crippen molar-refractivity contribution in [3.63, 3.8) is 0 Å². The predicted octanol–water partition coefficient (Wildman–Crippen LogP) is 1.74. The summed E-state index contributed by atoms with van der Waals surface area (Å²) in [6, 6.07) is 0. The molecule has 1 atom stereocenters. The van der Waals surface area contributed by atoms with E-state index in [1.165, 1.54) is 20.0 Å². The number of aliphatic imine (C=N–C) groups is 1. The van der Waals surface area contributed by atoms with E-state index in [9.17, 15) is 4.79 Å². The molecule has 0 aromatic carbocycles. The van der Waals surface area contributed by atoms with Crippen molar-refractivity contribution in [2.75, 3.05) is 47.0 Å². The molecule has 1 saturated carbocycles. The third kappa shape index (κ3) is 8.77. The van der Waals surface area contributed by atoms with Crippen LogP contribution in [0, 0.1) is 11.8 Å². The van der Waals surface area contributed by atoms with E-state index < -0.39 is 0 Å². The van der Waals surface area contributed by atoms with Crippen molar-refractivity contribution < 1.29 is 14.3 Å². The molecule has 6 nitrogen and oxygen atoms in total. The Balaban J connectivity index is 0.00000441. The standard InChI is InChI=1S/C15H29N3O3.HI/c1-5-16-15(17-10-12(2)14(19)20-4)18(3)8-9-21-11-13-6-7-13;/h12-13H,5-11H2,1-4H3,(H,16,17);1H. The fraction of sp³-hybridized carbons (Fsp3) is 0.867. The van der Waals surface area contributed by atoms with E-state index >= 15 is 0 Å². The Labute approximate surface area is 151 Å². The summed E-state index contributed by atoms with van der Waals surface area (Å²) in [6.07, 6.45) is 2.62. The van der Waals surface area contributed by atoms with Gasteiger partial charge in [0.1, 0.15) is 0 Å². The van der Waals surface area contributed by atoms with Gasteiger partial charge in [-0.15, -0.1) is 24.0 Å². The Morgan fingerprint density at radius 1 is 1.45 bits per heavy atom. The molecule has 1 N–H and O–H groups in total. The first-order valence-electron chi connectivity index (χ1n) is 7.73. The average Bonchev–Trinajstić information content (AvgIpc) is 3.30. The minimum Gasteiger partial charge on any atom is -0.469 e. The lowest BCUT2D eigenvalue weighted by molar-refractivity contribution is -0.144. The summed E-state index contributed by atoms with van der Waals surface area (Å²) in [5.41, 5.74) is 0. The van der Waals surface area contributed by atoms with Gasteiger partial charge in [0.15, 0.2) is 5.96 Å². The smallest absolute Gasteiger partial charge is 0.310 e. The Hall–Kier alpha value is -0.570. The number of nitrogens with zero attached hydrogens (tertiary/aromatic N) is 2. The summed E-state index contributed by atoms with van der Waals surface area (Å²) in [5.74, 6) is 1.12. The quantitative estimate of drug-likeness (QED) is 0.200. The van der Waals surface area contributed by atoms with Gasteiger partial charge in [-0.25, -0.2) is 0 Å². The molecule has 1 fully saturated rings. The van der Waals surface area contributed by atoms with Gasteiger partial charge in [-0.3, -0.25) is 9.79 Å². The summed E-state index contributed by atoms with van der Waals surface area (Å²) < 4.78 is 10.3. The highest BCUT2D eigenvalue weighted by molar-refractivity contribution is 14.0. The maximum absolute atomic E-state index is 11.4. The highest BCUT2D eigenvalue weighted by Crippen LogP contribution is 2.28. The van der Waals surface area contributed by atoms with Gasteiger partial charge in [0, 0.05) is 26.7 Å². The van der Waals surface area contributed by atoms with E-state index in [-0.39, 0.29) is 35.9 Å². The van der Waals surface area contributed by atoms with Crippen LogP contribution in [-0.2, 0) is 14.3 Å². The normalized spacial score (nSPS) is 15.7. The first-order valence-corrected chi connectivity index (χ1v) is 7.73. The number of hydrogen-bond donors (Lipinski definition) is 1. The predicted molar refractivity (Wildman–Crippen MR) is 98.7 cm³/mol. The fourth-order valence-electron chi connectivity index (χ4n) is 1.81. The largest absolute Gasteiger partial charge is 0.469 e. The molecule has 0 amide bonds. The number of nitrogens with one attached hydrogen (secondary N) is 1. The van der Waals surface area contributed by atoms with Gasteiger partial charge in [-0.1, -0.05) is 6.92 Å². The van der Waals surface area contributed by atoms with Gasteiger partial charge in [-0.05, 0) is 25.7 Å². The zero-order valence-electron chi connectivity index (χ0n) is 14.1. The van der Waals surface area contributed by atoms with Crippen LogP contribution in [0.3, 0.4) is 0 Å². The monoisotopic (exact) mass is 427 g/mol. The van der Waals surface area contributed by atoms with E-state index in [2.05, 4.69) is 10.3 Å². The number of likely N-dealkylation sites (N-methyl/N-ethyl adjacent to an activating group) is 1. The number of halogens is 1. The average molecular weight is 427 g/mol. The van der Waals surface area contributed by atoms with Crippen molar-refractivity contribution in [2.45, 2.75) is 26.7 Å². The molecule has 130 valence electrons. The van der Waals surface area contributed by atoms with Gasteiger partial charge < -0.3 is 19.7 Å². The Morgan fingerprint density at radius 2 is 2.14 bits per heavy atom. The van der Waals surface area contributed by atoms with Crippen LogP contribution in [0.25, 0.3) is 0 Å². The molecule has 1 unspecified atom stereocenters. The summed E-state index contributed by atoms with van der Waals surface area (Å²) in [5, 5.41) is 3.22. The molecule has 22 heavy (non-hydrogen) atoms. The number of methoxy groups -OCH3 is 1. The first-order chi connectivity index (χ1) is 10.1. The third-order valence-electron chi connectivity index (χ3n) is 3.44. The zero-order chi connectivity index (χ0) is 15.7. The summed E-state index contributed by atoms with van der Waals surface area (Å²) >= 11 is 0. The van der Waals surface area contributed by atoms with Crippen LogP contribution in [0.15, 0.2) is 4.99 Å². The van der Waals surface area contributed by atoms with Crippen molar-refractivity contribution in [3.05, 3.63) is 0 Å². The Bertz CT molecular complexity index is 349. The second-order valence-electron chi connectivity index (χ2n) is 5.56. The molecule has 0 heterocycles. The minimum absolute atomic E-state index is 0. The molecule has 0 aliphatic heterocycles. The third-order valence-corrected chi connectivity index (χ3v) is 3.44. The molecule has 0 radical (unpaired) electrons. The van der Waals surface area contributed by atoms with Crippen molar-refractivity contribution in [2.24, 2.45) is 16.8 Å². The fourth-order valence-corrected chi connectivity index (χ4v) is 1.81. The van der Waals surface area contributed by atoms with Crippen LogP contribution >= 0.6 is 24.0 Å². The summed E-state index contributed by atoms with van der Waals surface area (Å²) in [7, 11) is 3.38. The van der Waals surface area contributed by atoms with Crippen molar-refractivity contribution >= 4 is 35.9 Å². The molecule has 0 spiro atoms. The van der Waals surface area contributed by atoms with Crippen molar-refractivity contribution in [1.82, 2.24) is 10.2 Å².